The standard InChI is InChI=1S/C18H18N4/c1-22(18-20-12-16(19)13-21-18)17-10-6-5-9-15(17)11-14-7-3-2-4-8-14/h2-10,12-13H,11,19H2,1H3. The molecule has 0 aliphatic carbocycles. The first-order valence-corrected chi connectivity index (χ1v) is 7.17. The SMILES string of the molecule is CN(c1ncc(N)cn1)c1ccccc1Cc1ccccc1. The molecule has 3 rings (SSSR count). The fourth-order valence-corrected chi connectivity index (χ4v) is 2.42. The zero-order valence-electron chi connectivity index (χ0n) is 12.5. The highest BCUT2D eigenvalue weighted by atomic mass is 15.2. The molecule has 110 valence electrons. The maximum atomic E-state index is 5.65. The van der Waals surface area contributed by atoms with Gasteiger partial charge in [0.05, 0.1) is 18.1 Å². The Hall–Kier alpha value is -2.88. The lowest BCUT2D eigenvalue weighted by molar-refractivity contribution is 1.03. The number of anilines is 3. The molecule has 2 N–H and O–H groups in total. The molecule has 1 heterocycles. The first-order chi connectivity index (χ1) is 10.7. The van der Waals surface area contributed by atoms with Gasteiger partial charge < -0.3 is 10.6 Å². The zero-order valence-corrected chi connectivity index (χ0v) is 12.5. The number of nitrogens with two attached hydrogens (primary N) is 1. The Morgan fingerprint density at radius 1 is 0.909 bits per heavy atom. The summed E-state index contributed by atoms with van der Waals surface area (Å²) in [5.41, 5.74) is 9.82. The maximum Gasteiger partial charge on any atom is 0.229 e. The molecule has 22 heavy (non-hydrogen) atoms. The van der Waals surface area contributed by atoms with Crippen LogP contribution in [0.4, 0.5) is 17.3 Å². The van der Waals surface area contributed by atoms with Crippen molar-refractivity contribution in [2.24, 2.45) is 0 Å². The molecule has 0 aliphatic heterocycles. The Morgan fingerprint density at radius 3 is 2.27 bits per heavy atom. The fraction of sp³-hybridized carbons (Fsp3) is 0.111. The van der Waals surface area contributed by atoms with Crippen molar-refractivity contribution in [3.05, 3.63) is 78.1 Å². The number of benzene rings is 2. The van der Waals surface area contributed by atoms with Gasteiger partial charge in [-0.2, -0.15) is 0 Å². The molecule has 0 aliphatic rings. The van der Waals surface area contributed by atoms with Gasteiger partial charge in [0.15, 0.2) is 0 Å². The van der Waals surface area contributed by atoms with Gasteiger partial charge in [-0.15, -0.1) is 0 Å². The highest BCUT2D eigenvalue weighted by Gasteiger charge is 2.11. The summed E-state index contributed by atoms with van der Waals surface area (Å²) in [4.78, 5) is 10.6. The van der Waals surface area contributed by atoms with Crippen LogP contribution in [0.5, 0.6) is 0 Å². The van der Waals surface area contributed by atoms with E-state index in [1.165, 1.54) is 11.1 Å². The summed E-state index contributed by atoms with van der Waals surface area (Å²) >= 11 is 0. The van der Waals surface area contributed by atoms with E-state index in [2.05, 4.69) is 52.4 Å². The molecule has 0 saturated carbocycles. The van der Waals surface area contributed by atoms with Gasteiger partial charge in [-0.3, -0.25) is 0 Å². The van der Waals surface area contributed by atoms with Crippen LogP contribution in [0.2, 0.25) is 0 Å². The minimum atomic E-state index is 0.565. The monoisotopic (exact) mass is 290 g/mol. The Kier molecular flexibility index (Phi) is 4.01. The molecule has 0 fully saturated rings. The summed E-state index contributed by atoms with van der Waals surface area (Å²) in [5, 5.41) is 0. The van der Waals surface area contributed by atoms with Gasteiger partial charge >= 0.3 is 0 Å². The van der Waals surface area contributed by atoms with Crippen molar-refractivity contribution < 1.29 is 0 Å². The van der Waals surface area contributed by atoms with Crippen LogP contribution in [0.3, 0.4) is 0 Å². The van der Waals surface area contributed by atoms with Crippen LogP contribution in [0.1, 0.15) is 11.1 Å². The van der Waals surface area contributed by atoms with E-state index >= 15 is 0 Å². The number of para-hydroxylation sites is 1. The quantitative estimate of drug-likeness (QED) is 0.800. The first-order valence-electron chi connectivity index (χ1n) is 7.17. The summed E-state index contributed by atoms with van der Waals surface area (Å²) in [5.74, 6) is 0.634. The van der Waals surface area contributed by atoms with Crippen LogP contribution in [0.15, 0.2) is 67.0 Å². The molecule has 0 bridgehead atoms. The molecular weight excluding hydrogens is 272 g/mol. The van der Waals surface area contributed by atoms with Crippen molar-refractivity contribution in [1.29, 1.82) is 0 Å². The number of nitrogen functional groups attached to an aromatic ring is 1. The number of aromatic nitrogens is 2. The van der Waals surface area contributed by atoms with Crippen molar-refractivity contribution in [1.82, 2.24) is 9.97 Å². The summed E-state index contributed by atoms with van der Waals surface area (Å²) < 4.78 is 0. The minimum absolute atomic E-state index is 0.565. The molecule has 0 saturated heterocycles. The van der Waals surface area contributed by atoms with Crippen LogP contribution in [0.25, 0.3) is 0 Å². The average molecular weight is 290 g/mol. The maximum absolute atomic E-state index is 5.65. The Morgan fingerprint density at radius 2 is 1.55 bits per heavy atom. The number of hydrogen-bond acceptors (Lipinski definition) is 4. The minimum Gasteiger partial charge on any atom is -0.396 e. The molecule has 2 aromatic carbocycles. The van der Waals surface area contributed by atoms with Gasteiger partial charge in [0.25, 0.3) is 0 Å². The van der Waals surface area contributed by atoms with Gasteiger partial charge in [-0.25, -0.2) is 9.97 Å². The molecule has 0 amide bonds. The van der Waals surface area contributed by atoms with Crippen LogP contribution in [0, 0.1) is 0 Å². The third kappa shape index (κ3) is 3.06. The molecule has 1 aromatic heterocycles. The van der Waals surface area contributed by atoms with Gasteiger partial charge in [-0.05, 0) is 23.6 Å². The average Bonchev–Trinajstić information content (AvgIpc) is 2.56. The topological polar surface area (TPSA) is 55.0 Å². The fourth-order valence-electron chi connectivity index (χ4n) is 2.42. The summed E-state index contributed by atoms with van der Waals surface area (Å²) in [6.45, 7) is 0. The molecule has 0 unspecified atom stereocenters. The van der Waals surface area contributed by atoms with Gasteiger partial charge in [-0.1, -0.05) is 48.5 Å². The van der Waals surface area contributed by atoms with Crippen molar-refractivity contribution in [2.75, 3.05) is 17.7 Å². The highest BCUT2D eigenvalue weighted by molar-refractivity contribution is 5.62. The van der Waals surface area contributed by atoms with Crippen molar-refractivity contribution in [3.63, 3.8) is 0 Å². The number of nitrogens with zero attached hydrogens (tertiary/aromatic N) is 3. The van der Waals surface area contributed by atoms with E-state index in [0.717, 1.165) is 12.1 Å². The van der Waals surface area contributed by atoms with Crippen LogP contribution in [-0.4, -0.2) is 17.0 Å². The Labute approximate surface area is 130 Å². The zero-order chi connectivity index (χ0) is 15.4. The van der Waals surface area contributed by atoms with Gasteiger partial charge in [0.1, 0.15) is 0 Å². The Bertz CT molecular complexity index is 739. The third-order valence-electron chi connectivity index (χ3n) is 3.55. The third-order valence-corrected chi connectivity index (χ3v) is 3.55. The first kappa shape index (κ1) is 14.1. The molecular formula is C18H18N4. The van der Waals surface area contributed by atoms with E-state index in [4.69, 9.17) is 5.73 Å². The van der Waals surface area contributed by atoms with Crippen LogP contribution in [-0.2, 0) is 6.42 Å². The summed E-state index contributed by atoms with van der Waals surface area (Å²) in [6.07, 6.45) is 4.12. The lowest BCUT2D eigenvalue weighted by atomic mass is 10.0. The van der Waals surface area contributed by atoms with E-state index in [-0.39, 0.29) is 0 Å². The van der Waals surface area contributed by atoms with E-state index in [9.17, 15) is 0 Å². The molecule has 4 heteroatoms. The largest absolute Gasteiger partial charge is 0.396 e. The smallest absolute Gasteiger partial charge is 0.229 e. The molecule has 3 aromatic rings. The second-order valence-corrected chi connectivity index (χ2v) is 5.17. The van der Waals surface area contributed by atoms with E-state index in [0.29, 0.717) is 11.6 Å². The predicted molar refractivity (Wildman–Crippen MR) is 90.2 cm³/mol. The van der Waals surface area contributed by atoms with Crippen molar-refractivity contribution in [2.45, 2.75) is 6.42 Å². The lowest BCUT2D eigenvalue weighted by Gasteiger charge is -2.20. The van der Waals surface area contributed by atoms with Crippen molar-refractivity contribution in [3.8, 4) is 0 Å². The predicted octanol–water partition coefficient (Wildman–Crippen LogP) is 3.42. The Balaban J connectivity index is 1.92. The van der Waals surface area contributed by atoms with E-state index in [1.54, 1.807) is 12.4 Å². The molecule has 0 radical (unpaired) electrons. The molecule has 4 nitrogen and oxygen atoms in total. The van der Waals surface area contributed by atoms with E-state index < -0.39 is 0 Å². The normalized spacial score (nSPS) is 10.4. The van der Waals surface area contributed by atoms with Crippen molar-refractivity contribution >= 4 is 17.3 Å². The summed E-state index contributed by atoms with van der Waals surface area (Å²) in [6, 6.07) is 18.7. The van der Waals surface area contributed by atoms with Gasteiger partial charge in [0.2, 0.25) is 5.95 Å². The lowest BCUT2D eigenvalue weighted by Crippen LogP contribution is -2.15. The van der Waals surface area contributed by atoms with Crippen LogP contribution >= 0.6 is 0 Å². The summed E-state index contributed by atoms with van der Waals surface area (Å²) in [7, 11) is 1.97. The van der Waals surface area contributed by atoms with Crippen LogP contribution < -0.4 is 10.6 Å². The highest BCUT2D eigenvalue weighted by Crippen LogP contribution is 2.26. The number of rotatable bonds is 4. The second kappa shape index (κ2) is 6.26. The molecule has 0 spiro atoms. The number of hydrogen-bond donors (Lipinski definition) is 1. The second-order valence-electron chi connectivity index (χ2n) is 5.17. The van der Waals surface area contributed by atoms with Gasteiger partial charge in [0, 0.05) is 12.7 Å². The van der Waals surface area contributed by atoms with E-state index in [1.807, 2.05) is 24.1 Å². The molecule has 0 atom stereocenters.